The van der Waals surface area contributed by atoms with Crippen LogP contribution in [0, 0.1) is 5.82 Å². The highest BCUT2D eigenvalue weighted by Crippen LogP contribution is 2.21. The van der Waals surface area contributed by atoms with Crippen molar-refractivity contribution in [3.63, 3.8) is 0 Å². The zero-order chi connectivity index (χ0) is 17.5. The first-order chi connectivity index (χ1) is 12.2. The highest BCUT2D eigenvalue weighted by atomic mass is 35.5. The first kappa shape index (κ1) is 17.5. The summed E-state index contributed by atoms with van der Waals surface area (Å²) in [6.07, 6.45) is 0. The molecule has 0 heterocycles. The molecule has 0 fully saturated rings. The highest BCUT2D eigenvalue weighted by Gasteiger charge is 2.07. The summed E-state index contributed by atoms with van der Waals surface area (Å²) in [4.78, 5) is 0. The Labute approximate surface area is 152 Å². The van der Waals surface area contributed by atoms with E-state index in [2.05, 4.69) is 17.4 Å². The van der Waals surface area contributed by atoms with Crippen LogP contribution >= 0.6 is 11.6 Å². The van der Waals surface area contributed by atoms with Crippen molar-refractivity contribution in [2.75, 3.05) is 0 Å². The van der Waals surface area contributed by atoms with Gasteiger partial charge in [-0.2, -0.15) is 0 Å². The number of rotatable bonds is 7. The largest absolute Gasteiger partial charge is 0.489 e. The minimum absolute atomic E-state index is 0.108. The lowest BCUT2D eigenvalue weighted by atomic mass is 10.2. The van der Waals surface area contributed by atoms with Gasteiger partial charge in [-0.15, -0.1) is 0 Å². The Balaban J connectivity index is 1.50. The molecule has 0 unspecified atom stereocenters. The summed E-state index contributed by atoms with van der Waals surface area (Å²) < 4.78 is 19.4. The van der Waals surface area contributed by atoms with Crippen molar-refractivity contribution in [1.29, 1.82) is 0 Å². The van der Waals surface area contributed by atoms with Gasteiger partial charge < -0.3 is 10.1 Å². The van der Waals surface area contributed by atoms with E-state index in [1.54, 1.807) is 12.1 Å². The van der Waals surface area contributed by atoms with Crippen molar-refractivity contribution in [2.24, 2.45) is 0 Å². The van der Waals surface area contributed by atoms with Crippen LogP contribution in [0.4, 0.5) is 4.39 Å². The average Bonchev–Trinajstić information content (AvgIpc) is 2.63. The molecule has 4 heteroatoms. The van der Waals surface area contributed by atoms with Gasteiger partial charge in [-0.1, -0.05) is 60.1 Å². The Kier molecular flexibility index (Phi) is 6.04. The van der Waals surface area contributed by atoms with E-state index >= 15 is 0 Å². The summed E-state index contributed by atoms with van der Waals surface area (Å²) in [6, 6.07) is 22.6. The molecule has 1 N–H and O–H groups in total. The van der Waals surface area contributed by atoms with E-state index in [1.165, 1.54) is 11.6 Å². The smallest absolute Gasteiger partial charge is 0.131 e. The normalized spacial score (nSPS) is 10.6. The van der Waals surface area contributed by atoms with Gasteiger partial charge in [0.15, 0.2) is 0 Å². The quantitative estimate of drug-likeness (QED) is 0.617. The second-order valence-electron chi connectivity index (χ2n) is 5.72. The number of hydrogen-bond donors (Lipinski definition) is 1. The lowest BCUT2D eigenvalue weighted by molar-refractivity contribution is 0.300. The van der Waals surface area contributed by atoms with Crippen LogP contribution in [0.25, 0.3) is 0 Å². The minimum atomic E-state index is -0.353. The van der Waals surface area contributed by atoms with Crippen LogP contribution in [0.15, 0.2) is 72.8 Å². The van der Waals surface area contributed by atoms with Crippen LogP contribution in [0.3, 0.4) is 0 Å². The maximum Gasteiger partial charge on any atom is 0.131 e. The van der Waals surface area contributed by atoms with Crippen LogP contribution in [-0.4, -0.2) is 0 Å². The zero-order valence-corrected chi connectivity index (χ0v) is 14.5. The van der Waals surface area contributed by atoms with E-state index in [9.17, 15) is 4.39 Å². The van der Waals surface area contributed by atoms with Crippen molar-refractivity contribution in [2.45, 2.75) is 19.7 Å². The molecule has 0 aromatic heterocycles. The Morgan fingerprint density at radius 1 is 0.800 bits per heavy atom. The van der Waals surface area contributed by atoms with E-state index in [0.717, 1.165) is 18.7 Å². The summed E-state index contributed by atoms with van der Waals surface area (Å²) in [7, 11) is 0. The van der Waals surface area contributed by atoms with Crippen molar-refractivity contribution >= 4 is 11.6 Å². The highest BCUT2D eigenvalue weighted by molar-refractivity contribution is 6.31. The minimum Gasteiger partial charge on any atom is -0.489 e. The topological polar surface area (TPSA) is 21.3 Å². The SMILES string of the molecule is Fc1cccc(Cl)c1COc1ccc(CNCc2ccccc2)cc1. The van der Waals surface area contributed by atoms with Crippen LogP contribution in [0.2, 0.25) is 5.02 Å². The Bertz CT molecular complexity index is 786. The van der Waals surface area contributed by atoms with Gasteiger partial charge in [0.2, 0.25) is 0 Å². The second-order valence-corrected chi connectivity index (χ2v) is 6.13. The van der Waals surface area contributed by atoms with Crippen LogP contribution < -0.4 is 10.1 Å². The molecule has 0 amide bonds. The van der Waals surface area contributed by atoms with Gasteiger partial charge in [-0.25, -0.2) is 4.39 Å². The monoisotopic (exact) mass is 355 g/mol. The van der Waals surface area contributed by atoms with Crippen LogP contribution in [0.1, 0.15) is 16.7 Å². The predicted molar refractivity (Wildman–Crippen MR) is 99.2 cm³/mol. The van der Waals surface area contributed by atoms with Crippen molar-refractivity contribution < 1.29 is 9.13 Å². The summed E-state index contributed by atoms with van der Waals surface area (Å²) >= 11 is 6.00. The zero-order valence-electron chi connectivity index (χ0n) is 13.7. The third-order valence-corrected chi connectivity index (χ3v) is 4.22. The number of halogens is 2. The summed E-state index contributed by atoms with van der Waals surface area (Å²) in [5, 5.41) is 3.78. The lowest BCUT2D eigenvalue weighted by Crippen LogP contribution is -2.12. The van der Waals surface area contributed by atoms with Crippen LogP contribution in [-0.2, 0) is 19.7 Å². The van der Waals surface area contributed by atoms with E-state index in [1.807, 2.05) is 42.5 Å². The Morgan fingerprint density at radius 3 is 2.16 bits per heavy atom. The number of ether oxygens (including phenoxy) is 1. The average molecular weight is 356 g/mol. The van der Waals surface area contributed by atoms with Gasteiger partial charge in [0.1, 0.15) is 18.2 Å². The first-order valence-corrected chi connectivity index (χ1v) is 8.49. The van der Waals surface area contributed by atoms with Crippen molar-refractivity contribution in [1.82, 2.24) is 5.32 Å². The van der Waals surface area contributed by atoms with Gasteiger partial charge in [0.25, 0.3) is 0 Å². The molecule has 0 aliphatic heterocycles. The molecular formula is C21H19ClFNO. The molecular weight excluding hydrogens is 337 g/mol. The fourth-order valence-electron chi connectivity index (χ4n) is 2.48. The van der Waals surface area contributed by atoms with Gasteiger partial charge in [0.05, 0.1) is 5.02 Å². The summed E-state index contributed by atoms with van der Waals surface area (Å²) in [6.45, 7) is 1.70. The Morgan fingerprint density at radius 2 is 1.48 bits per heavy atom. The fraction of sp³-hybridized carbons (Fsp3) is 0.143. The third kappa shape index (κ3) is 5.05. The molecule has 25 heavy (non-hydrogen) atoms. The fourth-order valence-corrected chi connectivity index (χ4v) is 2.69. The molecule has 0 aliphatic rings. The van der Waals surface area contributed by atoms with E-state index < -0.39 is 0 Å². The Hall–Kier alpha value is -2.36. The molecule has 3 aromatic rings. The molecule has 0 aliphatic carbocycles. The predicted octanol–water partition coefficient (Wildman–Crippen LogP) is 5.35. The standard InChI is InChI=1S/C21H19ClFNO/c22-20-7-4-8-21(23)19(20)15-25-18-11-9-17(10-12-18)14-24-13-16-5-2-1-3-6-16/h1-12,24H,13-15H2. The van der Waals surface area contributed by atoms with Gasteiger partial charge >= 0.3 is 0 Å². The maximum atomic E-state index is 13.7. The van der Waals surface area contributed by atoms with Crippen molar-refractivity contribution in [3.05, 3.63) is 100 Å². The molecule has 0 saturated heterocycles. The number of nitrogens with one attached hydrogen (secondary N) is 1. The van der Waals surface area contributed by atoms with E-state index in [4.69, 9.17) is 16.3 Å². The molecule has 128 valence electrons. The maximum absolute atomic E-state index is 13.7. The van der Waals surface area contributed by atoms with Gasteiger partial charge in [-0.05, 0) is 35.4 Å². The van der Waals surface area contributed by atoms with Crippen molar-refractivity contribution in [3.8, 4) is 5.75 Å². The third-order valence-electron chi connectivity index (χ3n) is 3.87. The van der Waals surface area contributed by atoms with Gasteiger partial charge in [0, 0.05) is 18.7 Å². The molecule has 0 spiro atoms. The molecule has 0 saturated carbocycles. The van der Waals surface area contributed by atoms with Gasteiger partial charge in [-0.3, -0.25) is 0 Å². The molecule has 0 atom stereocenters. The van der Waals surface area contributed by atoms with E-state index in [-0.39, 0.29) is 12.4 Å². The summed E-state index contributed by atoms with van der Waals surface area (Å²) in [5.74, 6) is 0.334. The molecule has 2 nitrogen and oxygen atoms in total. The second kappa shape index (κ2) is 8.65. The molecule has 3 aromatic carbocycles. The molecule has 0 radical (unpaired) electrons. The number of benzene rings is 3. The molecule has 0 bridgehead atoms. The first-order valence-electron chi connectivity index (χ1n) is 8.11. The molecule has 3 rings (SSSR count). The van der Waals surface area contributed by atoms with E-state index in [0.29, 0.717) is 16.3 Å². The van der Waals surface area contributed by atoms with Crippen LogP contribution in [0.5, 0.6) is 5.75 Å². The number of hydrogen-bond acceptors (Lipinski definition) is 2. The lowest BCUT2D eigenvalue weighted by Gasteiger charge is -2.10. The summed E-state index contributed by atoms with van der Waals surface area (Å²) in [5.41, 5.74) is 2.79.